The second kappa shape index (κ2) is 10.4. The van der Waals surface area contributed by atoms with Crippen LogP contribution in [0.15, 0.2) is 83.8 Å². The normalized spacial score (nSPS) is 13.5. The van der Waals surface area contributed by atoms with Gasteiger partial charge in [-0.3, -0.25) is 4.72 Å². The van der Waals surface area contributed by atoms with E-state index in [0.29, 0.717) is 12.0 Å². The fourth-order valence-corrected chi connectivity index (χ4v) is 4.23. The van der Waals surface area contributed by atoms with Gasteiger partial charge in [0.15, 0.2) is 0 Å². The molecule has 0 spiro atoms. The van der Waals surface area contributed by atoms with Crippen LogP contribution in [0.1, 0.15) is 17.2 Å². The van der Waals surface area contributed by atoms with Gasteiger partial charge in [-0.2, -0.15) is 0 Å². The molecule has 3 rings (SSSR count). The maximum Gasteiger partial charge on any atom is 0.262 e. The summed E-state index contributed by atoms with van der Waals surface area (Å²) in [7, 11) is -3.88. The van der Waals surface area contributed by atoms with Crippen molar-refractivity contribution in [3.05, 3.63) is 90.0 Å². The third kappa shape index (κ3) is 6.28. The van der Waals surface area contributed by atoms with E-state index in [1.165, 1.54) is 30.3 Å². The molecule has 0 aliphatic heterocycles. The molecule has 0 unspecified atom stereocenters. The number of phenolic OH excluding ortho intramolecular Hbond substituents is 1. The van der Waals surface area contributed by atoms with Crippen LogP contribution >= 0.6 is 0 Å². The van der Waals surface area contributed by atoms with Gasteiger partial charge in [-0.15, -0.1) is 0 Å². The zero-order chi connectivity index (χ0) is 22.3. The van der Waals surface area contributed by atoms with E-state index < -0.39 is 16.1 Å². The first kappa shape index (κ1) is 22.8. The average molecular weight is 443 g/mol. The monoisotopic (exact) mass is 442 g/mol. The lowest BCUT2D eigenvalue weighted by atomic mass is 10.0. The molecule has 7 nitrogen and oxygen atoms in total. The van der Waals surface area contributed by atoms with Crippen molar-refractivity contribution in [3.63, 3.8) is 0 Å². The summed E-state index contributed by atoms with van der Waals surface area (Å²) in [6, 6.07) is 21.5. The van der Waals surface area contributed by atoms with E-state index in [1.54, 1.807) is 18.2 Å². The highest BCUT2D eigenvalue weighted by atomic mass is 32.2. The van der Waals surface area contributed by atoms with Crippen LogP contribution in [0.3, 0.4) is 0 Å². The van der Waals surface area contributed by atoms with Gasteiger partial charge in [-0.25, -0.2) is 8.42 Å². The maximum absolute atomic E-state index is 12.5. The summed E-state index contributed by atoms with van der Waals surface area (Å²) in [5.74, 6) is -0.249. The van der Waals surface area contributed by atoms with Crippen molar-refractivity contribution >= 4 is 15.7 Å². The highest BCUT2D eigenvalue weighted by molar-refractivity contribution is 7.92. The van der Waals surface area contributed by atoms with Crippen LogP contribution in [-0.2, 0) is 16.4 Å². The minimum absolute atomic E-state index is 0.0246. The Labute approximate surface area is 182 Å². The Morgan fingerprint density at radius 1 is 0.903 bits per heavy atom. The van der Waals surface area contributed by atoms with Crippen LogP contribution < -0.4 is 10.0 Å². The molecule has 31 heavy (non-hydrogen) atoms. The number of rotatable bonds is 10. The van der Waals surface area contributed by atoms with E-state index >= 15 is 0 Å². The molecule has 0 radical (unpaired) electrons. The lowest BCUT2D eigenvalue weighted by Crippen LogP contribution is -2.37. The van der Waals surface area contributed by atoms with Gasteiger partial charge < -0.3 is 20.6 Å². The summed E-state index contributed by atoms with van der Waals surface area (Å²) < 4.78 is 27.4. The fraction of sp³-hybridized carbons (Fsp3) is 0.217. The topological polar surface area (TPSA) is 119 Å². The van der Waals surface area contributed by atoms with Gasteiger partial charge in [0, 0.05) is 12.6 Å². The van der Waals surface area contributed by atoms with E-state index in [2.05, 4.69) is 10.0 Å². The van der Waals surface area contributed by atoms with E-state index in [-0.39, 0.29) is 35.5 Å². The number of hydrogen-bond acceptors (Lipinski definition) is 6. The minimum Gasteiger partial charge on any atom is -0.506 e. The number of sulfonamides is 1. The number of aliphatic hydroxyl groups is 2. The van der Waals surface area contributed by atoms with E-state index in [1.807, 2.05) is 30.3 Å². The molecule has 0 saturated carbocycles. The van der Waals surface area contributed by atoms with E-state index in [4.69, 9.17) is 0 Å². The van der Waals surface area contributed by atoms with Crippen LogP contribution in [0.25, 0.3) is 0 Å². The average Bonchev–Trinajstić information content (AvgIpc) is 2.79. The first-order valence-corrected chi connectivity index (χ1v) is 11.3. The highest BCUT2D eigenvalue weighted by Gasteiger charge is 2.18. The number of phenols is 1. The van der Waals surface area contributed by atoms with Gasteiger partial charge in [0.05, 0.1) is 23.3 Å². The summed E-state index contributed by atoms with van der Waals surface area (Å²) in [5.41, 5.74) is 1.46. The van der Waals surface area contributed by atoms with Gasteiger partial charge >= 0.3 is 0 Å². The second-order valence-corrected chi connectivity index (χ2v) is 8.87. The first-order chi connectivity index (χ1) is 14.9. The van der Waals surface area contributed by atoms with Crippen molar-refractivity contribution in [1.82, 2.24) is 5.32 Å². The molecule has 0 aromatic heterocycles. The summed E-state index contributed by atoms with van der Waals surface area (Å²) >= 11 is 0. The highest BCUT2D eigenvalue weighted by Crippen LogP contribution is 2.29. The molecule has 164 valence electrons. The summed E-state index contributed by atoms with van der Waals surface area (Å²) in [6.45, 7) is 0.0486. The minimum atomic E-state index is -3.88. The van der Waals surface area contributed by atoms with Crippen LogP contribution in [0.4, 0.5) is 5.69 Å². The third-order valence-corrected chi connectivity index (χ3v) is 6.23. The SMILES string of the molecule is O=S(=O)(Nc1cc([C@@H](O)CN[C@H](CO)Cc2ccccc2)ccc1O)c1ccccc1. The molecule has 0 amide bonds. The third-order valence-electron chi connectivity index (χ3n) is 4.85. The van der Waals surface area contributed by atoms with E-state index in [9.17, 15) is 23.7 Å². The van der Waals surface area contributed by atoms with E-state index in [0.717, 1.165) is 5.56 Å². The molecule has 3 aromatic carbocycles. The molecule has 0 heterocycles. The van der Waals surface area contributed by atoms with Gasteiger partial charge in [-0.1, -0.05) is 54.6 Å². The Balaban J connectivity index is 1.67. The molecule has 3 aromatic rings. The van der Waals surface area contributed by atoms with Gasteiger partial charge in [0.25, 0.3) is 10.0 Å². The Morgan fingerprint density at radius 3 is 2.19 bits per heavy atom. The zero-order valence-corrected chi connectivity index (χ0v) is 17.7. The summed E-state index contributed by atoms with van der Waals surface area (Å²) in [6.07, 6.45) is -0.368. The number of hydrogen-bond donors (Lipinski definition) is 5. The predicted octanol–water partition coefficient (Wildman–Crippen LogP) is 2.42. The quantitative estimate of drug-likeness (QED) is 0.308. The van der Waals surface area contributed by atoms with Gasteiger partial charge in [-0.05, 0) is 41.8 Å². The Hall–Kier alpha value is -2.91. The number of aliphatic hydroxyl groups excluding tert-OH is 2. The molecular formula is C23H26N2O5S. The fourth-order valence-electron chi connectivity index (χ4n) is 3.14. The molecule has 2 atom stereocenters. The summed E-state index contributed by atoms with van der Waals surface area (Å²) in [4.78, 5) is 0.0636. The standard InChI is InChI=1S/C23H26N2O5S/c26-16-19(13-17-7-3-1-4-8-17)24-15-23(28)18-11-12-22(27)21(14-18)25-31(29,30)20-9-5-2-6-10-20/h1-12,14,19,23-28H,13,15-16H2/t19-,23-/m0/s1. The van der Waals surface area contributed by atoms with Crippen molar-refractivity contribution < 1.29 is 23.7 Å². The molecule has 8 heteroatoms. The van der Waals surface area contributed by atoms with Gasteiger partial charge in [0.1, 0.15) is 5.75 Å². The molecule has 0 saturated heterocycles. The van der Waals surface area contributed by atoms with Crippen molar-refractivity contribution in [1.29, 1.82) is 0 Å². The molecule has 0 fully saturated rings. The zero-order valence-electron chi connectivity index (χ0n) is 16.8. The Bertz CT molecular complexity index is 1080. The lowest BCUT2D eigenvalue weighted by molar-refractivity contribution is 0.158. The van der Waals surface area contributed by atoms with Gasteiger partial charge in [0.2, 0.25) is 0 Å². The van der Waals surface area contributed by atoms with Crippen LogP contribution in [-0.4, -0.2) is 42.9 Å². The van der Waals surface area contributed by atoms with Crippen LogP contribution in [0.5, 0.6) is 5.75 Å². The van der Waals surface area contributed by atoms with Crippen LogP contribution in [0, 0.1) is 0 Å². The Morgan fingerprint density at radius 2 is 1.55 bits per heavy atom. The smallest absolute Gasteiger partial charge is 0.262 e. The second-order valence-electron chi connectivity index (χ2n) is 7.19. The molecule has 5 N–H and O–H groups in total. The van der Waals surface area contributed by atoms with Crippen molar-refractivity contribution in [2.45, 2.75) is 23.5 Å². The molecular weight excluding hydrogens is 416 g/mol. The molecule has 0 aliphatic rings. The number of benzene rings is 3. The first-order valence-electron chi connectivity index (χ1n) is 9.86. The molecule has 0 aliphatic carbocycles. The summed E-state index contributed by atoms with van der Waals surface area (Å²) in [5, 5.41) is 33.4. The van der Waals surface area contributed by atoms with Crippen molar-refractivity contribution in [2.75, 3.05) is 17.9 Å². The van der Waals surface area contributed by atoms with Crippen molar-refractivity contribution in [3.8, 4) is 5.75 Å². The number of anilines is 1. The Kier molecular flexibility index (Phi) is 7.64. The molecule has 0 bridgehead atoms. The largest absolute Gasteiger partial charge is 0.506 e. The van der Waals surface area contributed by atoms with Crippen molar-refractivity contribution in [2.24, 2.45) is 0 Å². The number of nitrogens with one attached hydrogen (secondary N) is 2. The predicted molar refractivity (Wildman–Crippen MR) is 119 cm³/mol. The lowest BCUT2D eigenvalue weighted by Gasteiger charge is -2.20. The maximum atomic E-state index is 12.5. The van der Waals surface area contributed by atoms with Crippen LogP contribution in [0.2, 0.25) is 0 Å². The number of aromatic hydroxyl groups is 1.